The summed E-state index contributed by atoms with van der Waals surface area (Å²) in [5.74, 6) is -0.463. The Balaban J connectivity index is 1.58. The number of fused-ring (bicyclic) bond motifs is 2. The SMILES string of the molecule is O=C1N(Cc2ccccc2)c2ccccc2C1(CCO)C1(CCO)C(=O)N(Cc2ccccc2)c2ccccc21. The summed E-state index contributed by atoms with van der Waals surface area (Å²) >= 11 is 0. The molecule has 6 nitrogen and oxygen atoms in total. The van der Waals surface area contributed by atoms with E-state index in [0.717, 1.165) is 22.5 Å². The van der Waals surface area contributed by atoms with Crippen LogP contribution in [0.5, 0.6) is 0 Å². The van der Waals surface area contributed by atoms with E-state index in [2.05, 4.69) is 0 Å². The van der Waals surface area contributed by atoms with Crippen LogP contribution in [0.3, 0.4) is 0 Å². The molecule has 2 amide bonds. The van der Waals surface area contributed by atoms with Gasteiger partial charge in [-0.3, -0.25) is 9.59 Å². The zero-order chi connectivity index (χ0) is 27.7. The fourth-order valence-corrected chi connectivity index (χ4v) is 6.97. The van der Waals surface area contributed by atoms with Crippen LogP contribution < -0.4 is 9.80 Å². The van der Waals surface area contributed by atoms with Gasteiger partial charge in [0.15, 0.2) is 0 Å². The normalized spacial score (nSPS) is 21.6. The summed E-state index contributed by atoms with van der Waals surface area (Å²) in [4.78, 5) is 33.3. The number of rotatable bonds is 9. The Morgan fingerprint density at radius 3 is 1.23 bits per heavy atom. The maximum absolute atomic E-state index is 14.9. The Labute approximate surface area is 234 Å². The third-order valence-electron chi connectivity index (χ3n) is 8.60. The molecule has 2 N–H and O–H groups in total. The first kappa shape index (κ1) is 26.0. The van der Waals surface area contributed by atoms with Crippen molar-refractivity contribution < 1.29 is 19.8 Å². The van der Waals surface area contributed by atoms with E-state index in [4.69, 9.17) is 0 Å². The summed E-state index contributed by atoms with van der Waals surface area (Å²) in [6, 6.07) is 34.7. The Morgan fingerprint density at radius 1 is 0.500 bits per heavy atom. The van der Waals surface area contributed by atoms with Crippen LogP contribution in [0, 0.1) is 0 Å². The highest BCUT2D eigenvalue weighted by Gasteiger charge is 2.69. The van der Waals surface area contributed by atoms with Crippen molar-refractivity contribution in [3.8, 4) is 0 Å². The first-order chi connectivity index (χ1) is 19.6. The average molecular weight is 533 g/mol. The molecule has 0 aliphatic carbocycles. The molecule has 0 bridgehead atoms. The maximum Gasteiger partial charge on any atom is 0.239 e. The van der Waals surface area contributed by atoms with Crippen LogP contribution in [-0.4, -0.2) is 35.2 Å². The maximum atomic E-state index is 14.9. The number of aliphatic hydroxyl groups is 2. The van der Waals surface area contributed by atoms with Gasteiger partial charge in [-0.25, -0.2) is 0 Å². The lowest BCUT2D eigenvalue weighted by atomic mass is 9.54. The van der Waals surface area contributed by atoms with Gasteiger partial charge in [-0.2, -0.15) is 0 Å². The summed E-state index contributed by atoms with van der Waals surface area (Å²) in [6.45, 7) is 0.0897. The Morgan fingerprint density at radius 2 is 0.850 bits per heavy atom. The highest BCUT2D eigenvalue weighted by Crippen LogP contribution is 2.61. The molecule has 2 heterocycles. The lowest BCUT2D eigenvalue weighted by Crippen LogP contribution is -2.60. The first-order valence-electron chi connectivity index (χ1n) is 13.7. The van der Waals surface area contributed by atoms with E-state index >= 15 is 0 Å². The molecule has 0 spiro atoms. The molecule has 2 atom stereocenters. The molecule has 0 fully saturated rings. The van der Waals surface area contributed by atoms with E-state index in [1.165, 1.54) is 0 Å². The highest BCUT2D eigenvalue weighted by atomic mass is 16.3. The van der Waals surface area contributed by atoms with Gasteiger partial charge >= 0.3 is 0 Å². The van der Waals surface area contributed by atoms with Crippen LogP contribution in [-0.2, 0) is 33.5 Å². The minimum absolute atomic E-state index is 0.0490. The molecule has 6 heteroatoms. The van der Waals surface area contributed by atoms with Gasteiger partial charge in [0.2, 0.25) is 11.8 Å². The molecule has 2 unspecified atom stereocenters. The smallest absolute Gasteiger partial charge is 0.239 e. The molecule has 4 aromatic rings. The van der Waals surface area contributed by atoms with Gasteiger partial charge < -0.3 is 20.0 Å². The van der Waals surface area contributed by atoms with Gasteiger partial charge in [-0.15, -0.1) is 0 Å². The molecule has 0 radical (unpaired) electrons. The largest absolute Gasteiger partial charge is 0.396 e. The zero-order valence-electron chi connectivity index (χ0n) is 22.2. The minimum atomic E-state index is -1.41. The molecule has 40 heavy (non-hydrogen) atoms. The summed E-state index contributed by atoms with van der Waals surface area (Å²) in [7, 11) is 0. The highest BCUT2D eigenvalue weighted by molar-refractivity contribution is 6.18. The Bertz CT molecular complexity index is 1420. The second-order valence-electron chi connectivity index (χ2n) is 10.5. The van der Waals surface area contributed by atoms with Crippen molar-refractivity contribution in [1.82, 2.24) is 0 Å². The van der Waals surface area contributed by atoms with Crippen LogP contribution in [0.2, 0.25) is 0 Å². The molecule has 4 aromatic carbocycles. The number of nitrogens with zero attached hydrogens (tertiary/aromatic N) is 2. The van der Waals surface area contributed by atoms with E-state index in [1.54, 1.807) is 9.80 Å². The summed E-state index contributed by atoms with van der Waals surface area (Å²) in [6.07, 6.45) is 0.0980. The van der Waals surface area contributed by atoms with Crippen LogP contribution >= 0.6 is 0 Å². The second-order valence-corrected chi connectivity index (χ2v) is 10.5. The van der Waals surface area contributed by atoms with E-state index in [9.17, 15) is 19.8 Å². The van der Waals surface area contributed by atoms with Crippen molar-refractivity contribution >= 4 is 23.2 Å². The lowest BCUT2D eigenvalue weighted by Gasteiger charge is -2.44. The summed E-state index contributed by atoms with van der Waals surface area (Å²) in [5.41, 5.74) is 1.99. The summed E-state index contributed by atoms with van der Waals surface area (Å²) < 4.78 is 0. The van der Waals surface area contributed by atoms with E-state index in [1.807, 2.05) is 109 Å². The lowest BCUT2D eigenvalue weighted by molar-refractivity contribution is -0.136. The van der Waals surface area contributed by atoms with Crippen molar-refractivity contribution in [2.75, 3.05) is 23.0 Å². The zero-order valence-corrected chi connectivity index (χ0v) is 22.2. The third kappa shape index (κ3) is 3.71. The Kier molecular flexibility index (Phi) is 6.74. The predicted octanol–water partition coefficient (Wildman–Crippen LogP) is 4.72. The minimum Gasteiger partial charge on any atom is -0.396 e. The molecule has 2 aliphatic heterocycles. The number of carbonyl (C=O) groups is 2. The molecule has 0 saturated carbocycles. The molecular weight excluding hydrogens is 500 g/mol. The number of benzene rings is 4. The fraction of sp³-hybridized carbons (Fsp3) is 0.235. The van der Waals surface area contributed by atoms with Crippen molar-refractivity contribution in [2.24, 2.45) is 0 Å². The van der Waals surface area contributed by atoms with Gasteiger partial charge in [0.1, 0.15) is 0 Å². The van der Waals surface area contributed by atoms with Crippen LogP contribution in [0.25, 0.3) is 0 Å². The third-order valence-corrected chi connectivity index (χ3v) is 8.60. The van der Waals surface area contributed by atoms with E-state index in [-0.39, 0.29) is 37.9 Å². The molecule has 202 valence electrons. The average Bonchev–Trinajstić information content (AvgIpc) is 3.37. The summed E-state index contributed by atoms with van der Waals surface area (Å²) in [5, 5.41) is 21.1. The van der Waals surface area contributed by atoms with Crippen LogP contribution in [0.1, 0.15) is 35.1 Å². The number of amides is 2. The molecular formula is C34H32N2O4. The second kappa shape index (κ2) is 10.4. The van der Waals surface area contributed by atoms with Gasteiger partial charge in [0.05, 0.1) is 23.9 Å². The molecule has 2 aliphatic rings. The van der Waals surface area contributed by atoms with Crippen LogP contribution in [0.15, 0.2) is 109 Å². The fourth-order valence-electron chi connectivity index (χ4n) is 6.97. The standard InChI is InChI=1S/C34H32N2O4/c37-21-19-33(27-15-7-9-17-29(27)35(31(33)39)23-25-11-3-1-4-12-25)34(20-22-38)28-16-8-10-18-30(28)36(32(34)40)24-26-13-5-2-6-14-26/h1-18,37-38H,19-24H2. The van der Waals surface area contributed by atoms with Crippen molar-refractivity contribution in [3.63, 3.8) is 0 Å². The molecule has 0 saturated heterocycles. The number of para-hydroxylation sites is 2. The van der Waals surface area contributed by atoms with E-state index in [0.29, 0.717) is 24.2 Å². The first-order valence-corrected chi connectivity index (χ1v) is 13.7. The molecule has 0 aromatic heterocycles. The van der Waals surface area contributed by atoms with Crippen molar-refractivity contribution in [1.29, 1.82) is 0 Å². The number of hydrogen-bond donors (Lipinski definition) is 2. The van der Waals surface area contributed by atoms with Crippen molar-refractivity contribution in [3.05, 3.63) is 131 Å². The van der Waals surface area contributed by atoms with E-state index < -0.39 is 10.8 Å². The predicted molar refractivity (Wildman–Crippen MR) is 155 cm³/mol. The Hall–Kier alpha value is -4.26. The topological polar surface area (TPSA) is 81.1 Å². The quantitative estimate of drug-likeness (QED) is 0.327. The van der Waals surface area contributed by atoms with Gasteiger partial charge in [-0.1, -0.05) is 97.1 Å². The van der Waals surface area contributed by atoms with Gasteiger partial charge in [0, 0.05) is 24.6 Å². The number of aliphatic hydroxyl groups excluding tert-OH is 2. The number of carbonyl (C=O) groups excluding carboxylic acids is 2. The number of anilines is 2. The van der Waals surface area contributed by atoms with Gasteiger partial charge in [0.25, 0.3) is 0 Å². The monoisotopic (exact) mass is 532 g/mol. The molecule has 6 rings (SSSR count). The van der Waals surface area contributed by atoms with Crippen molar-refractivity contribution in [2.45, 2.75) is 36.8 Å². The van der Waals surface area contributed by atoms with Crippen LogP contribution in [0.4, 0.5) is 11.4 Å². The van der Waals surface area contributed by atoms with Gasteiger partial charge in [-0.05, 0) is 47.2 Å². The number of hydrogen-bond acceptors (Lipinski definition) is 4.